The highest BCUT2D eigenvalue weighted by Gasteiger charge is 1.99. The number of aromatic amines is 1. The van der Waals surface area contributed by atoms with Gasteiger partial charge in [0.25, 0.3) is 0 Å². The number of hydrogen-bond donors (Lipinski definition) is 1. The lowest BCUT2D eigenvalue weighted by Crippen LogP contribution is -1.97. The molecule has 2 aromatic rings. The van der Waals surface area contributed by atoms with E-state index in [-0.39, 0.29) is 0 Å². The fraction of sp³-hybridized carbons (Fsp3) is 0.632. The average molecular weight is 302 g/mol. The molecule has 0 saturated carbocycles. The predicted octanol–water partition coefficient (Wildman–Crippen LogP) is 5.86. The van der Waals surface area contributed by atoms with Crippen molar-refractivity contribution in [3.63, 3.8) is 0 Å². The van der Waals surface area contributed by atoms with Gasteiger partial charge in [0.2, 0.25) is 0 Å². The van der Waals surface area contributed by atoms with Crippen LogP contribution in [0.2, 0.25) is 0 Å². The smallest absolute Gasteiger partial charge is 0.121 e. The molecular weight excluding hydrogens is 272 g/mol. The van der Waals surface area contributed by atoms with Crippen LogP contribution in [0.1, 0.15) is 71.1 Å². The lowest BCUT2D eigenvalue weighted by molar-refractivity contribution is 0.304. The summed E-state index contributed by atoms with van der Waals surface area (Å²) in [5.41, 5.74) is 2.03. The number of aromatic nitrogens is 2. The van der Waals surface area contributed by atoms with Gasteiger partial charge in [0.05, 0.1) is 24.0 Å². The number of nitrogens with one attached hydrogen (secondary N) is 1. The van der Waals surface area contributed by atoms with Crippen molar-refractivity contribution in [2.75, 3.05) is 6.61 Å². The van der Waals surface area contributed by atoms with E-state index in [0.29, 0.717) is 0 Å². The molecule has 0 amide bonds. The van der Waals surface area contributed by atoms with E-state index in [1.54, 1.807) is 6.33 Å². The fourth-order valence-corrected chi connectivity index (χ4v) is 2.78. The number of hydrogen-bond acceptors (Lipinski definition) is 2. The minimum Gasteiger partial charge on any atom is -0.494 e. The van der Waals surface area contributed by atoms with E-state index in [4.69, 9.17) is 4.74 Å². The monoisotopic (exact) mass is 302 g/mol. The maximum atomic E-state index is 5.81. The molecule has 0 radical (unpaired) electrons. The van der Waals surface area contributed by atoms with Crippen LogP contribution < -0.4 is 4.74 Å². The van der Waals surface area contributed by atoms with Crippen LogP contribution in [0.15, 0.2) is 24.5 Å². The van der Waals surface area contributed by atoms with Crippen LogP contribution in [0, 0.1) is 0 Å². The lowest BCUT2D eigenvalue weighted by Gasteiger charge is -2.06. The van der Waals surface area contributed by atoms with Crippen LogP contribution in [0.3, 0.4) is 0 Å². The van der Waals surface area contributed by atoms with E-state index in [1.165, 1.54) is 57.8 Å². The van der Waals surface area contributed by atoms with Crippen LogP contribution in [-0.4, -0.2) is 16.6 Å². The molecule has 0 spiro atoms. The maximum absolute atomic E-state index is 5.81. The largest absolute Gasteiger partial charge is 0.494 e. The third kappa shape index (κ3) is 6.08. The van der Waals surface area contributed by atoms with Crippen molar-refractivity contribution in [3.05, 3.63) is 24.5 Å². The molecule has 0 saturated heterocycles. The van der Waals surface area contributed by atoms with Crippen LogP contribution in [0.4, 0.5) is 0 Å². The number of fused-ring (bicyclic) bond motifs is 1. The second-order valence-electron chi connectivity index (χ2n) is 6.11. The molecule has 0 unspecified atom stereocenters. The number of benzene rings is 1. The number of ether oxygens (including phenoxy) is 1. The normalized spacial score (nSPS) is 11.1. The van der Waals surface area contributed by atoms with E-state index in [2.05, 4.69) is 16.9 Å². The Kier molecular flexibility index (Phi) is 7.86. The van der Waals surface area contributed by atoms with Gasteiger partial charge in [-0.15, -0.1) is 0 Å². The Labute approximate surface area is 134 Å². The maximum Gasteiger partial charge on any atom is 0.121 e. The molecule has 3 heteroatoms. The molecule has 1 aromatic carbocycles. The molecule has 0 bridgehead atoms. The topological polar surface area (TPSA) is 37.9 Å². The number of rotatable bonds is 12. The first-order chi connectivity index (χ1) is 10.9. The van der Waals surface area contributed by atoms with E-state index in [9.17, 15) is 0 Å². The molecule has 0 aliphatic rings. The molecule has 0 aliphatic carbocycles. The highest BCUT2D eigenvalue weighted by molar-refractivity contribution is 5.75. The Balaban J connectivity index is 1.45. The summed E-state index contributed by atoms with van der Waals surface area (Å²) < 4.78 is 5.81. The molecule has 1 aromatic heterocycles. The average Bonchev–Trinajstić information content (AvgIpc) is 3.00. The Bertz CT molecular complexity index is 521. The molecule has 0 aliphatic heterocycles. The summed E-state index contributed by atoms with van der Waals surface area (Å²) in [7, 11) is 0. The Morgan fingerprint density at radius 3 is 2.32 bits per heavy atom. The van der Waals surface area contributed by atoms with E-state index >= 15 is 0 Å². The summed E-state index contributed by atoms with van der Waals surface area (Å²) >= 11 is 0. The van der Waals surface area contributed by atoms with E-state index in [0.717, 1.165) is 29.8 Å². The van der Waals surface area contributed by atoms with Crippen LogP contribution in [0.25, 0.3) is 11.0 Å². The van der Waals surface area contributed by atoms with Gasteiger partial charge in [-0.1, -0.05) is 64.7 Å². The summed E-state index contributed by atoms with van der Waals surface area (Å²) in [5.74, 6) is 0.938. The van der Waals surface area contributed by atoms with Gasteiger partial charge in [-0.3, -0.25) is 0 Å². The molecule has 1 heterocycles. The number of nitrogens with zero attached hydrogens (tertiary/aromatic N) is 1. The van der Waals surface area contributed by atoms with Gasteiger partial charge >= 0.3 is 0 Å². The van der Waals surface area contributed by atoms with Gasteiger partial charge in [-0.25, -0.2) is 4.98 Å². The molecule has 1 N–H and O–H groups in total. The minimum absolute atomic E-state index is 0.816. The summed E-state index contributed by atoms with van der Waals surface area (Å²) in [6, 6.07) is 6.03. The van der Waals surface area contributed by atoms with Crippen molar-refractivity contribution in [3.8, 4) is 5.75 Å². The summed E-state index contributed by atoms with van der Waals surface area (Å²) in [6.45, 7) is 3.09. The molecule has 2 rings (SSSR count). The second-order valence-corrected chi connectivity index (χ2v) is 6.11. The summed E-state index contributed by atoms with van der Waals surface area (Å²) in [4.78, 5) is 7.32. The predicted molar refractivity (Wildman–Crippen MR) is 93.4 cm³/mol. The Hall–Kier alpha value is -1.51. The molecule has 122 valence electrons. The van der Waals surface area contributed by atoms with Crippen molar-refractivity contribution >= 4 is 11.0 Å². The molecule has 3 nitrogen and oxygen atoms in total. The van der Waals surface area contributed by atoms with Crippen molar-refractivity contribution in [2.24, 2.45) is 0 Å². The lowest BCUT2D eigenvalue weighted by atomic mass is 10.1. The third-order valence-electron chi connectivity index (χ3n) is 4.16. The Morgan fingerprint density at radius 2 is 1.59 bits per heavy atom. The molecular formula is C19H30N2O. The van der Waals surface area contributed by atoms with Crippen molar-refractivity contribution in [1.29, 1.82) is 0 Å². The fourth-order valence-electron chi connectivity index (χ4n) is 2.78. The van der Waals surface area contributed by atoms with Gasteiger partial charge < -0.3 is 9.72 Å². The van der Waals surface area contributed by atoms with Gasteiger partial charge in [-0.05, 0) is 18.6 Å². The first kappa shape index (κ1) is 16.9. The first-order valence-electron chi connectivity index (χ1n) is 8.96. The zero-order valence-electron chi connectivity index (χ0n) is 13.9. The standard InChI is InChI=1S/C19H30N2O/c1-2-3-4-5-6-7-8-9-10-11-14-22-17-12-13-18-19(15-17)21-16-20-18/h12-13,15-16H,2-11,14H2,1H3,(H,20,21). The number of unbranched alkanes of at least 4 members (excludes halogenated alkanes) is 9. The van der Waals surface area contributed by atoms with Gasteiger partial charge in [0, 0.05) is 6.07 Å². The van der Waals surface area contributed by atoms with Gasteiger partial charge in [0.1, 0.15) is 5.75 Å². The van der Waals surface area contributed by atoms with Crippen molar-refractivity contribution in [1.82, 2.24) is 9.97 Å². The number of imidazole rings is 1. The summed E-state index contributed by atoms with van der Waals surface area (Å²) in [6.07, 6.45) is 15.3. The zero-order valence-corrected chi connectivity index (χ0v) is 13.9. The van der Waals surface area contributed by atoms with E-state index in [1.807, 2.05) is 18.2 Å². The zero-order chi connectivity index (χ0) is 15.5. The van der Waals surface area contributed by atoms with Crippen molar-refractivity contribution in [2.45, 2.75) is 71.1 Å². The minimum atomic E-state index is 0.816. The third-order valence-corrected chi connectivity index (χ3v) is 4.16. The van der Waals surface area contributed by atoms with Gasteiger partial charge in [-0.2, -0.15) is 0 Å². The highest BCUT2D eigenvalue weighted by Crippen LogP contribution is 2.18. The molecule has 0 atom stereocenters. The Morgan fingerprint density at radius 1 is 0.909 bits per heavy atom. The number of H-pyrrole nitrogens is 1. The molecule has 0 fully saturated rings. The van der Waals surface area contributed by atoms with Crippen LogP contribution in [-0.2, 0) is 0 Å². The van der Waals surface area contributed by atoms with Crippen LogP contribution >= 0.6 is 0 Å². The van der Waals surface area contributed by atoms with Crippen LogP contribution in [0.5, 0.6) is 5.75 Å². The van der Waals surface area contributed by atoms with E-state index < -0.39 is 0 Å². The van der Waals surface area contributed by atoms with Gasteiger partial charge in [0.15, 0.2) is 0 Å². The molecule has 22 heavy (non-hydrogen) atoms. The highest BCUT2D eigenvalue weighted by atomic mass is 16.5. The quantitative estimate of drug-likeness (QED) is 0.498. The van der Waals surface area contributed by atoms with Crippen molar-refractivity contribution < 1.29 is 4.74 Å². The first-order valence-corrected chi connectivity index (χ1v) is 8.96. The SMILES string of the molecule is CCCCCCCCCCCCOc1ccc2nc[nH]c2c1. The second kappa shape index (κ2) is 10.3. The summed E-state index contributed by atoms with van der Waals surface area (Å²) in [5, 5.41) is 0.